The molecule has 10 heteroatoms. The van der Waals surface area contributed by atoms with E-state index in [0.29, 0.717) is 28.0 Å². The number of pyridine rings is 1. The first kappa shape index (κ1) is 19.1. The highest BCUT2D eigenvalue weighted by atomic mass is 35.5. The average molecular weight is 420 g/mol. The Kier molecular flexibility index (Phi) is 4.62. The number of hydrogen-bond acceptors (Lipinski definition) is 5. The van der Waals surface area contributed by atoms with Gasteiger partial charge >= 0.3 is 6.18 Å². The van der Waals surface area contributed by atoms with Gasteiger partial charge in [-0.1, -0.05) is 6.07 Å². The molecule has 0 spiro atoms. The number of aromatic nitrogens is 5. The highest BCUT2D eigenvalue weighted by molar-refractivity contribution is 6.28. The Bertz CT molecular complexity index is 1220. The van der Waals surface area contributed by atoms with Gasteiger partial charge in [-0.2, -0.15) is 17.7 Å². The largest absolute Gasteiger partial charge is 0.437 e. The van der Waals surface area contributed by atoms with Crippen LogP contribution < -0.4 is 4.74 Å². The third-order valence-corrected chi connectivity index (χ3v) is 4.55. The Hall–Kier alpha value is -3.20. The van der Waals surface area contributed by atoms with E-state index in [1.165, 1.54) is 10.6 Å². The monoisotopic (exact) mass is 419 g/mol. The summed E-state index contributed by atoms with van der Waals surface area (Å²) in [6, 6.07) is 8.33. The Balaban J connectivity index is 1.87. The van der Waals surface area contributed by atoms with E-state index in [4.69, 9.17) is 16.3 Å². The van der Waals surface area contributed by atoms with Crippen LogP contribution in [0, 0.1) is 13.8 Å². The number of fused-ring (bicyclic) bond motifs is 1. The van der Waals surface area contributed by atoms with Crippen molar-refractivity contribution in [2.75, 3.05) is 0 Å². The van der Waals surface area contributed by atoms with Crippen LogP contribution in [0.1, 0.15) is 16.8 Å². The van der Waals surface area contributed by atoms with E-state index in [2.05, 4.69) is 20.3 Å². The van der Waals surface area contributed by atoms with E-state index in [9.17, 15) is 13.2 Å². The number of rotatable bonds is 3. The third-order valence-electron chi connectivity index (χ3n) is 4.31. The van der Waals surface area contributed by atoms with Crippen LogP contribution in [-0.4, -0.2) is 24.8 Å². The van der Waals surface area contributed by atoms with E-state index in [1.807, 2.05) is 0 Å². The minimum Gasteiger partial charge on any atom is -0.437 e. The van der Waals surface area contributed by atoms with Crippen LogP contribution in [-0.2, 0) is 6.18 Å². The molecule has 29 heavy (non-hydrogen) atoms. The molecule has 6 nitrogen and oxygen atoms in total. The van der Waals surface area contributed by atoms with E-state index in [0.717, 1.165) is 12.1 Å². The molecule has 0 aliphatic rings. The summed E-state index contributed by atoms with van der Waals surface area (Å²) in [6.45, 7) is 3.51. The fraction of sp³-hybridized carbons (Fsp3) is 0.158. The van der Waals surface area contributed by atoms with Crippen molar-refractivity contribution in [3.8, 4) is 22.8 Å². The predicted molar refractivity (Wildman–Crippen MR) is 100 cm³/mol. The van der Waals surface area contributed by atoms with Crippen molar-refractivity contribution in [1.82, 2.24) is 24.8 Å². The summed E-state index contributed by atoms with van der Waals surface area (Å²) in [5.74, 6) is 0.0465. The zero-order chi connectivity index (χ0) is 20.8. The van der Waals surface area contributed by atoms with Crippen LogP contribution in [0.2, 0.25) is 5.28 Å². The van der Waals surface area contributed by atoms with Crippen molar-refractivity contribution in [3.05, 3.63) is 64.7 Å². The van der Waals surface area contributed by atoms with Gasteiger partial charge in [-0.05, 0) is 49.7 Å². The number of alkyl halides is 3. The van der Waals surface area contributed by atoms with Gasteiger partial charge in [0.05, 0.1) is 5.56 Å². The van der Waals surface area contributed by atoms with Gasteiger partial charge in [0.25, 0.3) is 0 Å². The van der Waals surface area contributed by atoms with Crippen molar-refractivity contribution in [1.29, 1.82) is 0 Å². The van der Waals surface area contributed by atoms with E-state index in [1.54, 1.807) is 38.2 Å². The van der Waals surface area contributed by atoms with Crippen LogP contribution in [0.25, 0.3) is 16.8 Å². The summed E-state index contributed by atoms with van der Waals surface area (Å²) >= 11 is 5.97. The molecule has 0 unspecified atom stereocenters. The summed E-state index contributed by atoms with van der Waals surface area (Å²) in [5.41, 5.74) is 2.00. The van der Waals surface area contributed by atoms with Gasteiger partial charge in [0.2, 0.25) is 11.2 Å². The average Bonchev–Trinajstić information content (AvgIpc) is 3.03. The normalized spacial score (nSPS) is 11.8. The minimum absolute atomic E-state index is 0.00799. The van der Waals surface area contributed by atoms with Crippen molar-refractivity contribution in [3.63, 3.8) is 0 Å². The lowest BCUT2D eigenvalue weighted by atomic mass is 10.0. The van der Waals surface area contributed by atoms with Crippen molar-refractivity contribution >= 4 is 17.2 Å². The molecule has 0 aliphatic carbocycles. The number of halogens is 4. The van der Waals surface area contributed by atoms with Gasteiger partial charge in [-0.25, -0.2) is 0 Å². The predicted octanol–water partition coefficient (Wildman–Crippen LogP) is 5.27. The third kappa shape index (κ3) is 3.61. The molecule has 0 amide bonds. The fourth-order valence-electron chi connectivity index (χ4n) is 2.91. The first-order valence-corrected chi connectivity index (χ1v) is 8.81. The maximum atomic E-state index is 13.3. The van der Waals surface area contributed by atoms with Crippen LogP contribution in [0.15, 0.2) is 42.6 Å². The summed E-state index contributed by atoms with van der Waals surface area (Å²) in [7, 11) is 0. The van der Waals surface area contributed by atoms with Gasteiger partial charge in [0.1, 0.15) is 5.75 Å². The van der Waals surface area contributed by atoms with Crippen molar-refractivity contribution < 1.29 is 17.9 Å². The Morgan fingerprint density at radius 3 is 2.55 bits per heavy atom. The fourth-order valence-corrected chi connectivity index (χ4v) is 3.07. The molecule has 0 fully saturated rings. The summed E-state index contributed by atoms with van der Waals surface area (Å²) in [6.07, 6.45) is -2.91. The molecule has 0 atom stereocenters. The molecule has 0 radical (unpaired) electrons. The number of nitrogens with zero attached hydrogens (tertiary/aromatic N) is 5. The van der Waals surface area contributed by atoms with Crippen LogP contribution in [0.4, 0.5) is 13.2 Å². The topological polar surface area (TPSA) is 65.2 Å². The Labute approximate surface area is 167 Å². The first-order valence-electron chi connectivity index (χ1n) is 8.43. The minimum atomic E-state index is -4.52. The lowest BCUT2D eigenvalue weighted by Crippen LogP contribution is -2.06. The number of hydrogen-bond donors (Lipinski definition) is 0. The van der Waals surface area contributed by atoms with Crippen molar-refractivity contribution in [2.45, 2.75) is 20.0 Å². The maximum Gasteiger partial charge on any atom is 0.416 e. The lowest BCUT2D eigenvalue weighted by Gasteiger charge is -2.15. The van der Waals surface area contributed by atoms with Gasteiger partial charge < -0.3 is 4.74 Å². The molecule has 0 saturated carbocycles. The molecule has 0 bridgehead atoms. The quantitative estimate of drug-likeness (QED) is 0.452. The molecule has 0 N–H and O–H groups in total. The molecule has 4 rings (SSSR count). The van der Waals surface area contributed by atoms with Gasteiger partial charge in [0, 0.05) is 34.6 Å². The molecule has 148 valence electrons. The summed E-state index contributed by atoms with van der Waals surface area (Å²) in [4.78, 5) is 4.20. The van der Waals surface area contributed by atoms with E-state index >= 15 is 0 Å². The van der Waals surface area contributed by atoms with Crippen LogP contribution >= 0.6 is 11.6 Å². The second-order valence-electron chi connectivity index (χ2n) is 6.32. The number of ether oxygens (including phenoxy) is 1. The molecular weight excluding hydrogens is 407 g/mol. The summed E-state index contributed by atoms with van der Waals surface area (Å²) < 4.78 is 46.9. The standard InChI is InChI=1S/C19H13ClF3N5O/c1-10-8-16(27-28-17(10)25-26-18(28)20)29-15-9-12(19(21,22)23)5-6-14(15)13-4-3-7-24-11(13)2/h3-9H,1-2H3. The molecule has 0 aliphatic heterocycles. The van der Waals surface area contributed by atoms with Crippen LogP contribution in [0.3, 0.4) is 0 Å². The highest BCUT2D eigenvalue weighted by Crippen LogP contribution is 2.39. The Morgan fingerprint density at radius 2 is 1.83 bits per heavy atom. The highest BCUT2D eigenvalue weighted by Gasteiger charge is 2.31. The molecule has 0 saturated heterocycles. The van der Waals surface area contributed by atoms with Gasteiger partial charge in [-0.15, -0.1) is 15.3 Å². The van der Waals surface area contributed by atoms with Crippen molar-refractivity contribution in [2.24, 2.45) is 0 Å². The lowest BCUT2D eigenvalue weighted by molar-refractivity contribution is -0.137. The molecular formula is C19H13ClF3N5O. The van der Waals surface area contributed by atoms with E-state index in [-0.39, 0.29) is 16.9 Å². The molecule has 1 aromatic carbocycles. The smallest absolute Gasteiger partial charge is 0.416 e. The maximum absolute atomic E-state index is 13.3. The number of aryl methyl sites for hydroxylation is 2. The zero-order valence-electron chi connectivity index (χ0n) is 15.2. The number of benzene rings is 1. The summed E-state index contributed by atoms with van der Waals surface area (Å²) in [5, 5.41) is 11.8. The molecule has 4 aromatic rings. The van der Waals surface area contributed by atoms with Crippen LogP contribution in [0.5, 0.6) is 11.6 Å². The second-order valence-corrected chi connectivity index (χ2v) is 6.66. The molecule has 3 heterocycles. The SMILES string of the molecule is Cc1ncccc1-c1ccc(C(F)(F)F)cc1Oc1cc(C)c2nnc(Cl)n2n1. The zero-order valence-corrected chi connectivity index (χ0v) is 16.0. The van der Waals surface area contributed by atoms with Gasteiger partial charge in [-0.3, -0.25) is 4.98 Å². The molecule has 3 aromatic heterocycles. The second kappa shape index (κ2) is 7.00. The Morgan fingerprint density at radius 1 is 1.03 bits per heavy atom. The van der Waals surface area contributed by atoms with E-state index < -0.39 is 11.7 Å². The first-order chi connectivity index (χ1) is 13.7. The van der Waals surface area contributed by atoms with Gasteiger partial charge in [0.15, 0.2) is 5.65 Å².